The predicted molar refractivity (Wildman–Crippen MR) is 81.3 cm³/mol. The normalized spacial score (nSPS) is 26.3. The quantitative estimate of drug-likeness (QED) is 0.567. The molecule has 0 amide bonds. The molecule has 0 spiro atoms. The van der Waals surface area contributed by atoms with Crippen LogP contribution in [0.4, 0.5) is 0 Å². The molecule has 98 valence electrons. The summed E-state index contributed by atoms with van der Waals surface area (Å²) < 4.78 is 0. The lowest BCUT2D eigenvalue weighted by molar-refractivity contribution is 0.464. The fourth-order valence-corrected chi connectivity index (χ4v) is 4.64. The van der Waals surface area contributed by atoms with Crippen molar-refractivity contribution >= 4 is 6.71 Å². The summed E-state index contributed by atoms with van der Waals surface area (Å²) in [7, 11) is 0. The molecule has 0 nitrogen and oxygen atoms in total. The number of hydrogen-bond donors (Lipinski definition) is 0. The highest BCUT2D eigenvalue weighted by Crippen LogP contribution is 2.44. The fraction of sp³-hybridized carbons (Fsp3) is 0.765. The monoisotopic (exact) mass is 242 g/mol. The van der Waals surface area contributed by atoms with E-state index in [2.05, 4.69) is 18.2 Å². The standard InChI is InChI=1S/C17H27B/c1-3-9-15(10-4-1)18(17-13-7-8-14-17)16-11-5-2-6-12-16/h7,13-16H,1-6,8-12H2. The van der Waals surface area contributed by atoms with Crippen LogP contribution in [0.1, 0.15) is 70.6 Å². The van der Waals surface area contributed by atoms with Crippen molar-refractivity contribution in [2.24, 2.45) is 0 Å². The Morgan fingerprint density at radius 3 is 1.78 bits per heavy atom. The van der Waals surface area contributed by atoms with Crippen molar-refractivity contribution < 1.29 is 0 Å². The first kappa shape index (κ1) is 12.6. The van der Waals surface area contributed by atoms with Gasteiger partial charge in [0, 0.05) is 0 Å². The van der Waals surface area contributed by atoms with Crippen LogP contribution < -0.4 is 0 Å². The molecule has 18 heavy (non-hydrogen) atoms. The van der Waals surface area contributed by atoms with Crippen LogP contribution in [0.2, 0.25) is 11.6 Å². The van der Waals surface area contributed by atoms with Crippen molar-refractivity contribution in [1.29, 1.82) is 0 Å². The molecule has 0 N–H and O–H groups in total. The summed E-state index contributed by atoms with van der Waals surface area (Å²) in [6.45, 7) is 0.921. The van der Waals surface area contributed by atoms with E-state index in [9.17, 15) is 0 Å². The van der Waals surface area contributed by atoms with E-state index in [4.69, 9.17) is 0 Å². The topological polar surface area (TPSA) is 0 Å². The zero-order chi connectivity index (χ0) is 12.2. The van der Waals surface area contributed by atoms with Gasteiger partial charge in [0.1, 0.15) is 0 Å². The minimum Gasteiger partial charge on any atom is -0.0863 e. The second-order valence-corrected chi connectivity index (χ2v) is 6.66. The summed E-state index contributed by atoms with van der Waals surface area (Å²) in [4.78, 5) is 0. The van der Waals surface area contributed by atoms with Gasteiger partial charge in [0.2, 0.25) is 0 Å². The molecule has 0 heterocycles. The maximum atomic E-state index is 2.52. The molecule has 0 aromatic rings. The molecule has 2 fully saturated rings. The third kappa shape index (κ3) is 2.76. The number of allylic oxidation sites excluding steroid dienone is 4. The Balaban J connectivity index is 1.75. The highest BCUT2D eigenvalue weighted by Gasteiger charge is 2.36. The minimum atomic E-state index is 0.921. The van der Waals surface area contributed by atoms with Crippen molar-refractivity contribution in [3.05, 3.63) is 23.7 Å². The molecule has 0 atom stereocenters. The van der Waals surface area contributed by atoms with E-state index in [0.717, 1.165) is 18.3 Å². The highest BCUT2D eigenvalue weighted by molar-refractivity contribution is 6.70. The zero-order valence-corrected chi connectivity index (χ0v) is 11.7. The molecule has 0 aliphatic heterocycles. The Bertz CT molecular complexity index is 299. The zero-order valence-electron chi connectivity index (χ0n) is 11.7. The van der Waals surface area contributed by atoms with E-state index in [0.29, 0.717) is 0 Å². The highest BCUT2D eigenvalue weighted by atomic mass is 14.2. The molecule has 0 radical (unpaired) electrons. The van der Waals surface area contributed by atoms with E-state index in [1.54, 1.807) is 5.47 Å². The Labute approximate surface area is 113 Å². The second-order valence-electron chi connectivity index (χ2n) is 6.66. The average Bonchev–Trinajstić information content (AvgIpc) is 2.95. The third-order valence-electron chi connectivity index (χ3n) is 5.50. The molecule has 3 rings (SSSR count). The van der Waals surface area contributed by atoms with Crippen molar-refractivity contribution in [3.8, 4) is 0 Å². The fourth-order valence-electron chi connectivity index (χ4n) is 4.64. The van der Waals surface area contributed by atoms with Crippen molar-refractivity contribution in [2.45, 2.75) is 82.3 Å². The van der Waals surface area contributed by atoms with Crippen molar-refractivity contribution in [1.82, 2.24) is 0 Å². The molecular formula is C17H27B. The Hall–Kier alpha value is -0.455. The van der Waals surface area contributed by atoms with Crippen LogP contribution in [0.5, 0.6) is 0 Å². The van der Waals surface area contributed by atoms with Gasteiger partial charge in [-0.1, -0.05) is 99.5 Å². The van der Waals surface area contributed by atoms with Gasteiger partial charge in [0.05, 0.1) is 0 Å². The van der Waals surface area contributed by atoms with Crippen LogP contribution in [0, 0.1) is 0 Å². The summed E-state index contributed by atoms with van der Waals surface area (Å²) in [6, 6.07) is 0. The van der Waals surface area contributed by atoms with Gasteiger partial charge in [-0.2, -0.15) is 0 Å². The lowest BCUT2D eigenvalue weighted by Crippen LogP contribution is -2.31. The second kappa shape index (κ2) is 6.13. The maximum absolute atomic E-state index is 2.52. The Morgan fingerprint density at radius 2 is 1.33 bits per heavy atom. The van der Waals surface area contributed by atoms with Crippen LogP contribution >= 0.6 is 0 Å². The van der Waals surface area contributed by atoms with Crippen LogP contribution in [0.15, 0.2) is 23.7 Å². The van der Waals surface area contributed by atoms with E-state index in [-0.39, 0.29) is 0 Å². The summed E-state index contributed by atoms with van der Waals surface area (Å²) >= 11 is 0. The molecule has 0 saturated heterocycles. The first-order chi connectivity index (χ1) is 8.95. The first-order valence-electron chi connectivity index (χ1n) is 8.32. The first-order valence-corrected chi connectivity index (χ1v) is 8.32. The SMILES string of the molecule is C1=CC(B(C2CCCCC2)C2CCCCC2)=CC1. The van der Waals surface area contributed by atoms with Gasteiger partial charge in [-0.3, -0.25) is 0 Å². The lowest BCUT2D eigenvalue weighted by atomic mass is 9.27. The molecule has 1 heteroatoms. The van der Waals surface area contributed by atoms with E-state index in [1.165, 1.54) is 70.6 Å². The van der Waals surface area contributed by atoms with Gasteiger partial charge in [0.25, 0.3) is 0 Å². The van der Waals surface area contributed by atoms with Crippen LogP contribution in [0.25, 0.3) is 0 Å². The van der Waals surface area contributed by atoms with Gasteiger partial charge < -0.3 is 0 Å². The smallest absolute Gasteiger partial charge is 0.0863 e. The molecule has 0 aromatic carbocycles. The van der Waals surface area contributed by atoms with Gasteiger partial charge in [-0.15, -0.1) is 0 Å². The van der Waals surface area contributed by atoms with E-state index >= 15 is 0 Å². The summed E-state index contributed by atoms with van der Waals surface area (Å²) in [5.74, 6) is 2.02. The molecule has 3 aliphatic carbocycles. The largest absolute Gasteiger partial charge is 0.181 e. The Kier molecular flexibility index (Phi) is 4.28. The van der Waals surface area contributed by atoms with Gasteiger partial charge >= 0.3 is 0 Å². The molecular weight excluding hydrogens is 215 g/mol. The maximum Gasteiger partial charge on any atom is 0.181 e. The number of hydrogen-bond acceptors (Lipinski definition) is 0. The minimum absolute atomic E-state index is 0.921. The summed E-state index contributed by atoms with van der Waals surface area (Å²) in [6.07, 6.45) is 23.5. The van der Waals surface area contributed by atoms with Crippen molar-refractivity contribution in [3.63, 3.8) is 0 Å². The Morgan fingerprint density at radius 1 is 0.778 bits per heavy atom. The predicted octanol–water partition coefficient (Wildman–Crippen LogP) is 5.58. The van der Waals surface area contributed by atoms with Gasteiger partial charge in [0.15, 0.2) is 6.71 Å². The molecule has 3 aliphatic rings. The van der Waals surface area contributed by atoms with Crippen molar-refractivity contribution in [2.75, 3.05) is 0 Å². The van der Waals surface area contributed by atoms with Gasteiger partial charge in [-0.25, -0.2) is 0 Å². The third-order valence-corrected chi connectivity index (χ3v) is 5.50. The van der Waals surface area contributed by atoms with Gasteiger partial charge in [-0.05, 0) is 6.42 Å². The lowest BCUT2D eigenvalue weighted by Gasteiger charge is -2.36. The van der Waals surface area contributed by atoms with E-state index < -0.39 is 0 Å². The summed E-state index contributed by atoms with van der Waals surface area (Å²) in [5.41, 5.74) is 1.72. The van der Waals surface area contributed by atoms with Crippen LogP contribution in [0.3, 0.4) is 0 Å². The van der Waals surface area contributed by atoms with E-state index in [1.807, 2.05) is 0 Å². The molecule has 0 aromatic heterocycles. The number of rotatable bonds is 3. The van der Waals surface area contributed by atoms with Crippen LogP contribution in [-0.2, 0) is 0 Å². The summed E-state index contributed by atoms with van der Waals surface area (Å²) in [5, 5.41) is 0. The molecule has 2 saturated carbocycles. The molecule has 0 bridgehead atoms. The average molecular weight is 242 g/mol. The van der Waals surface area contributed by atoms with Crippen LogP contribution in [-0.4, -0.2) is 6.71 Å². The molecule has 0 unspecified atom stereocenters.